The molecule has 4 atom stereocenters. The number of nitrogens with one attached hydrogen (secondary N) is 2. The molecule has 8 nitrogen and oxygen atoms in total. The predicted molar refractivity (Wildman–Crippen MR) is 111 cm³/mol. The first-order valence-electron chi connectivity index (χ1n) is 12.0. The van der Waals surface area contributed by atoms with Crippen molar-refractivity contribution in [1.82, 2.24) is 25.6 Å². The molecular weight excluding hydrogens is 382 g/mol. The highest BCUT2D eigenvalue weighted by Gasteiger charge is 2.49. The normalized spacial score (nSPS) is 32.8. The van der Waals surface area contributed by atoms with E-state index in [1.165, 1.54) is 51.4 Å². The Balaban J connectivity index is 1.14. The van der Waals surface area contributed by atoms with E-state index in [0.717, 1.165) is 30.9 Å². The minimum atomic E-state index is -0.127. The summed E-state index contributed by atoms with van der Waals surface area (Å²) in [6.07, 6.45) is 15.4. The zero-order valence-electron chi connectivity index (χ0n) is 17.8. The third-order valence-corrected chi connectivity index (χ3v) is 7.40. The second kappa shape index (κ2) is 9.22. The summed E-state index contributed by atoms with van der Waals surface area (Å²) in [5.41, 5.74) is 1.07. The molecule has 2 N–H and O–H groups in total. The maximum atomic E-state index is 12.4. The SMILES string of the molecule is O=C(NC1CCCCC1)N[C@H]1CO[C@H]2[C@H]1OC[C@H]2n1cc(CC2CCCCC2)nn1. The van der Waals surface area contributed by atoms with Gasteiger partial charge in [-0.25, -0.2) is 9.48 Å². The quantitative estimate of drug-likeness (QED) is 0.769. The molecule has 5 rings (SSSR count). The first-order chi connectivity index (χ1) is 14.8. The number of aromatic nitrogens is 3. The van der Waals surface area contributed by atoms with Crippen LogP contribution in [0.3, 0.4) is 0 Å². The van der Waals surface area contributed by atoms with Gasteiger partial charge in [0.25, 0.3) is 0 Å². The van der Waals surface area contributed by atoms with Gasteiger partial charge >= 0.3 is 6.03 Å². The van der Waals surface area contributed by atoms with E-state index in [0.29, 0.717) is 19.3 Å². The first-order valence-corrected chi connectivity index (χ1v) is 12.0. The summed E-state index contributed by atoms with van der Waals surface area (Å²) >= 11 is 0. The lowest BCUT2D eigenvalue weighted by Crippen LogP contribution is -2.50. The molecule has 2 saturated carbocycles. The highest BCUT2D eigenvalue weighted by molar-refractivity contribution is 5.74. The van der Waals surface area contributed by atoms with Gasteiger partial charge in [-0.1, -0.05) is 56.6 Å². The molecule has 8 heteroatoms. The number of amides is 2. The van der Waals surface area contributed by atoms with Gasteiger partial charge in [-0.3, -0.25) is 0 Å². The Bertz CT molecular complexity index is 713. The highest BCUT2D eigenvalue weighted by atomic mass is 16.6. The number of hydrogen-bond acceptors (Lipinski definition) is 5. The minimum absolute atomic E-state index is 0.0239. The van der Waals surface area contributed by atoms with Crippen LogP contribution in [-0.2, 0) is 15.9 Å². The predicted octanol–water partition coefficient (Wildman–Crippen LogP) is 2.74. The topological polar surface area (TPSA) is 90.3 Å². The molecule has 166 valence electrons. The summed E-state index contributed by atoms with van der Waals surface area (Å²) in [5.74, 6) is 0.746. The summed E-state index contributed by atoms with van der Waals surface area (Å²) in [6.45, 7) is 1.03. The molecule has 30 heavy (non-hydrogen) atoms. The van der Waals surface area contributed by atoms with Crippen LogP contribution in [0, 0.1) is 5.92 Å². The van der Waals surface area contributed by atoms with Crippen molar-refractivity contribution in [3.63, 3.8) is 0 Å². The van der Waals surface area contributed by atoms with Gasteiger partial charge in [-0.05, 0) is 25.2 Å². The first kappa shape index (κ1) is 20.2. The summed E-state index contributed by atoms with van der Waals surface area (Å²) < 4.78 is 14.0. The molecule has 3 heterocycles. The summed E-state index contributed by atoms with van der Waals surface area (Å²) in [4.78, 5) is 12.4. The van der Waals surface area contributed by atoms with Crippen molar-refractivity contribution in [2.24, 2.45) is 5.92 Å². The number of carbonyl (C=O) groups excluding carboxylic acids is 1. The van der Waals surface area contributed by atoms with Crippen molar-refractivity contribution in [3.05, 3.63) is 11.9 Å². The molecule has 2 aliphatic carbocycles. The van der Waals surface area contributed by atoms with Gasteiger partial charge in [0.1, 0.15) is 18.2 Å². The highest BCUT2D eigenvalue weighted by Crippen LogP contribution is 2.34. The summed E-state index contributed by atoms with van der Waals surface area (Å²) in [5, 5.41) is 15.0. The van der Waals surface area contributed by atoms with E-state index in [2.05, 4.69) is 27.1 Å². The van der Waals surface area contributed by atoms with E-state index >= 15 is 0 Å². The van der Waals surface area contributed by atoms with Gasteiger partial charge in [0.05, 0.1) is 24.9 Å². The number of rotatable bonds is 5. The fraction of sp³-hybridized carbons (Fsp3) is 0.864. The van der Waals surface area contributed by atoms with Crippen molar-refractivity contribution in [2.45, 2.75) is 101 Å². The standard InChI is InChI=1S/C22H35N5O3/c28-22(23-16-9-5-2-6-10-16)24-18-13-29-21-19(14-30-20(18)21)27-12-17(25-26-27)11-15-7-3-1-4-8-15/h12,15-16,18-21H,1-11,13-14H2,(H2,23,24,28)/t18-,19+,20-,21+/m0/s1. The summed E-state index contributed by atoms with van der Waals surface area (Å²) in [6, 6.07) is 0.107. The third kappa shape index (κ3) is 4.49. The Morgan fingerprint density at radius 1 is 0.967 bits per heavy atom. The van der Waals surface area contributed by atoms with Crippen LogP contribution < -0.4 is 10.6 Å². The Kier molecular flexibility index (Phi) is 6.22. The third-order valence-electron chi connectivity index (χ3n) is 7.40. The second-order valence-corrected chi connectivity index (χ2v) is 9.62. The molecule has 0 spiro atoms. The van der Waals surface area contributed by atoms with Crippen LogP contribution in [0.15, 0.2) is 6.20 Å². The van der Waals surface area contributed by atoms with Crippen molar-refractivity contribution in [1.29, 1.82) is 0 Å². The molecular formula is C22H35N5O3. The van der Waals surface area contributed by atoms with E-state index < -0.39 is 0 Å². The Morgan fingerprint density at radius 2 is 1.70 bits per heavy atom. The molecule has 4 aliphatic rings. The van der Waals surface area contributed by atoms with E-state index in [1.807, 2.05) is 4.68 Å². The van der Waals surface area contributed by atoms with Crippen LogP contribution in [0.2, 0.25) is 0 Å². The van der Waals surface area contributed by atoms with Crippen molar-refractivity contribution in [3.8, 4) is 0 Å². The van der Waals surface area contributed by atoms with Crippen LogP contribution in [0.1, 0.15) is 75.9 Å². The van der Waals surface area contributed by atoms with Gasteiger partial charge in [0.15, 0.2) is 0 Å². The Labute approximate surface area is 178 Å². The molecule has 1 aromatic heterocycles. The van der Waals surface area contributed by atoms with Crippen LogP contribution in [0.5, 0.6) is 0 Å². The molecule has 4 fully saturated rings. The lowest BCUT2D eigenvalue weighted by Gasteiger charge is -2.24. The van der Waals surface area contributed by atoms with Crippen LogP contribution in [-0.4, -0.2) is 58.5 Å². The molecule has 2 saturated heterocycles. The fourth-order valence-corrected chi connectivity index (χ4v) is 5.73. The molecule has 0 aromatic carbocycles. The number of fused-ring (bicyclic) bond motifs is 1. The van der Waals surface area contributed by atoms with Crippen LogP contribution in [0.4, 0.5) is 4.79 Å². The van der Waals surface area contributed by atoms with E-state index in [-0.39, 0.29) is 30.3 Å². The van der Waals surface area contributed by atoms with E-state index in [4.69, 9.17) is 9.47 Å². The zero-order valence-corrected chi connectivity index (χ0v) is 17.8. The van der Waals surface area contributed by atoms with Crippen LogP contribution >= 0.6 is 0 Å². The molecule has 0 bridgehead atoms. The average Bonchev–Trinajstić information content (AvgIpc) is 3.47. The van der Waals surface area contributed by atoms with Crippen molar-refractivity contribution < 1.29 is 14.3 Å². The Hall–Kier alpha value is -1.67. The molecule has 2 aliphatic heterocycles. The zero-order chi connectivity index (χ0) is 20.3. The number of ether oxygens (including phenoxy) is 2. The molecule has 0 radical (unpaired) electrons. The number of urea groups is 1. The van der Waals surface area contributed by atoms with Gasteiger partial charge in [-0.2, -0.15) is 0 Å². The monoisotopic (exact) mass is 417 g/mol. The number of hydrogen-bond donors (Lipinski definition) is 2. The summed E-state index contributed by atoms with van der Waals surface area (Å²) in [7, 11) is 0. The van der Waals surface area contributed by atoms with E-state index in [9.17, 15) is 4.79 Å². The van der Waals surface area contributed by atoms with Gasteiger partial charge < -0.3 is 20.1 Å². The molecule has 1 aromatic rings. The van der Waals surface area contributed by atoms with Crippen molar-refractivity contribution >= 4 is 6.03 Å². The van der Waals surface area contributed by atoms with Gasteiger partial charge in [0.2, 0.25) is 0 Å². The maximum Gasteiger partial charge on any atom is 0.315 e. The smallest absolute Gasteiger partial charge is 0.315 e. The average molecular weight is 418 g/mol. The lowest BCUT2D eigenvalue weighted by molar-refractivity contribution is 0.0622. The molecule has 2 amide bonds. The number of carbonyl (C=O) groups is 1. The van der Waals surface area contributed by atoms with Gasteiger partial charge in [-0.15, -0.1) is 5.10 Å². The number of nitrogens with zero attached hydrogens (tertiary/aromatic N) is 3. The minimum Gasteiger partial charge on any atom is -0.371 e. The fourth-order valence-electron chi connectivity index (χ4n) is 5.73. The maximum absolute atomic E-state index is 12.4. The van der Waals surface area contributed by atoms with Crippen LogP contribution in [0.25, 0.3) is 0 Å². The molecule has 0 unspecified atom stereocenters. The Morgan fingerprint density at radius 3 is 2.50 bits per heavy atom. The second-order valence-electron chi connectivity index (χ2n) is 9.62. The largest absolute Gasteiger partial charge is 0.371 e. The van der Waals surface area contributed by atoms with Gasteiger partial charge in [0, 0.05) is 12.2 Å². The van der Waals surface area contributed by atoms with E-state index in [1.54, 1.807) is 0 Å². The van der Waals surface area contributed by atoms with Crippen molar-refractivity contribution in [2.75, 3.05) is 13.2 Å². The lowest BCUT2D eigenvalue weighted by atomic mass is 9.86.